The standard InChI is InChI=1S/C8H5ClN2O2/c9-7-3-1-2-6(4-5-10)8(7)11(12)13/h1-3H,4H2. The first-order chi connectivity index (χ1) is 6.16. The van der Waals surface area contributed by atoms with Crippen LogP contribution in [0, 0.1) is 21.4 Å². The maximum atomic E-state index is 10.5. The second kappa shape index (κ2) is 3.87. The Morgan fingerprint density at radius 3 is 2.85 bits per heavy atom. The number of nitriles is 1. The predicted octanol–water partition coefficient (Wildman–Crippen LogP) is 2.31. The summed E-state index contributed by atoms with van der Waals surface area (Å²) in [6.45, 7) is 0. The van der Waals surface area contributed by atoms with Gasteiger partial charge in [-0.05, 0) is 6.07 Å². The van der Waals surface area contributed by atoms with Gasteiger partial charge in [-0.1, -0.05) is 23.7 Å². The lowest BCUT2D eigenvalue weighted by Gasteiger charge is -1.98. The lowest BCUT2D eigenvalue weighted by molar-refractivity contribution is -0.385. The molecule has 0 saturated heterocycles. The summed E-state index contributed by atoms with van der Waals surface area (Å²) in [4.78, 5) is 9.95. The smallest absolute Gasteiger partial charge is 0.258 e. The van der Waals surface area contributed by atoms with Crippen molar-refractivity contribution in [3.05, 3.63) is 38.9 Å². The molecule has 1 rings (SSSR count). The monoisotopic (exact) mass is 196 g/mol. The van der Waals surface area contributed by atoms with E-state index in [1.54, 1.807) is 6.07 Å². The molecule has 4 nitrogen and oxygen atoms in total. The van der Waals surface area contributed by atoms with Crippen LogP contribution in [0.3, 0.4) is 0 Å². The molecule has 0 spiro atoms. The van der Waals surface area contributed by atoms with Crippen LogP contribution in [0.1, 0.15) is 5.56 Å². The molecule has 0 amide bonds. The average Bonchev–Trinajstić information content (AvgIpc) is 2.04. The van der Waals surface area contributed by atoms with Crippen LogP contribution in [-0.4, -0.2) is 4.92 Å². The van der Waals surface area contributed by atoms with Gasteiger partial charge < -0.3 is 0 Å². The fourth-order valence-corrected chi connectivity index (χ4v) is 1.26. The minimum atomic E-state index is -0.574. The number of rotatable bonds is 2. The van der Waals surface area contributed by atoms with Crippen molar-refractivity contribution in [2.24, 2.45) is 0 Å². The van der Waals surface area contributed by atoms with Crippen LogP contribution in [0.25, 0.3) is 0 Å². The maximum Gasteiger partial charge on any atom is 0.292 e. The third-order valence-corrected chi connectivity index (χ3v) is 1.83. The molecule has 0 bridgehead atoms. The molecule has 0 aliphatic heterocycles. The number of hydrogen-bond acceptors (Lipinski definition) is 3. The normalized spacial score (nSPS) is 9.23. The number of benzene rings is 1. The summed E-state index contributed by atoms with van der Waals surface area (Å²) in [7, 11) is 0. The van der Waals surface area contributed by atoms with Crippen molar-refractivity contribution in [1.82, 2.24) is 0 Å². The van der Waals surface area contributed by atoms with Crippen molar-refractivity contribution in [2.75, 3.05) is 0 Å². The summed E-state index contributed by atoms with van der Waals surface area (Å²) >= 11 is 5.61. The van der Waals surface area contributed by atoms with Gasteiger partial charge in [0.2, 0.25) is 0 Å². The van der Waals surface area contributed by atoms with Crippen LogP contribution < -0.4 is 0 Å². The zero-order valence-electron chi connectivity index (χ0n) is 6.53. The highest BCUT2D eigenvalue weighted by Crippen LogP contribution is 2.28. The molecule has 13 heavy (non-hydrogen) atoms. The zero-order chi connectivity index (χ0) is 9.84. The summed E-state index contributed by atoms with van der Waals surface area (Å²) in [5.74, 6) is 0. The number of hydrogen-bond donors (Lipinski definition) is 0. The average molecular weight is 197 g/mol. The summed E-state index contributed by atoms with van der Waals surface area (Å²) in [5.41, 5.74) is 0.172. The van der Waals surface area contributed by atoms with Crippen LogP contribution in [0.2, 0.25) is 5.02 Å². The van der Waals surface area contributed by atoms with Crippen LogP contribution in [0.5, 0.6) is 0 Å². The number of nitro benzene ring substituents is 1. The van der Waals surface area contributed by atoms with E-state index < -0.39 is 4.92 Å². The van der Waals surface area contributed by atoms with Crippen LogP contribution in [0.4, 0.5) is 5.69 Å². The van der Waals surface area contributed by atoms with Gasteiger partial charge in [0, 0.05) is 5.56 Å². The minimum absolute atomic E-state index is 0.00310. The lowest BCUT2D eigenvalue weighted by Crippen LogP contribution is -1.95. The highest BCUT2D eigenvalue weighted by molar-refractivity contribution is 6.32. The quantitative estimate of drug-likeness (QED) is 0.539. The Bertz CT molecular complexity index is 384. The van der Waals surface area contributed by atoms with Crippen LogP contribution >= 0.6 is 11.6 Å². The first-order valence-corrected chi connectivity index (χ1v) is 3.83. The zero-order valence-corrected chi connectivity index (χ0v) is 7.28. The Morgan fingerprint density at radius 1 is 1.62 bits per heavy atom. The Labute approximate surface area is 79.5 Å². The van der Waals surface area contributed by atoms with Crippen LogP contribution in [0.15, 0.2) is 18.2 Å². The Morgan fingerprint density at radius 2 is 2.31 bits per heavy atom. The van der Waals surface area contributed by atoms with E-state index in [0.29, 0.717) is 5.56 Å². The van der Waals surface area contributed by atoms with Crippen molar-refractivity contribution >= 4 is 17.3 Å². The summed E-state index contributed by atoms with van der Waals surface area (Å²) in [5, 5.41) is 19.0. The van der Waals surface area contributed by atoms with Gasteiger partial charge in [-0.25, -0.2) is 0 Å². The van der Waals surface area contributed by atoms with E-state index in [1.807, 2.05) is 6.07 Å². The summed E-state index contributed by atoms with van der Waals surface area (Å²) in [6, 6.07) is 6.38. The van der Waals surface area contributed by atoms with Gasteiger partial charge in [0.1, 0.15) is 5.02 Å². The van der Waals surface area contributed by atoms with Crippen molar-refractivity contribution in [2.45, 2.75) is 6.42 Å². The van der Waals surface area contributed by atoms with Gasteiger partial charge in [-0.15, -0.1) is 0 Å². The third-order valence-electron chi connectivity index (χ3n) is 1.52. The summed E-state index contributed by atoms with van der Waals surface area (Å²) < 4.78 is 0. The molecule has 5 heteroatoms. The minimum Gasteiger partial charge on any atom is -0.258 e. The number of para-hydroxylation sites is 1. The molecule has 0 N–H and O–H groups in total. The Hall–Kier alpha value is -1.60. The maximum absolute atomic E-state index is 10.5. The van der Waals surface area contributed by atoms with Gasteiger partial charge >= 0.3 is 0 Å². The molecule has 0 saturated carbocycles. The Kier molecular flexibility index (Phi) is 2.83. The predicted molar refractivity (Wildman–Crippen MR) is 47.4 cm³/mol. The topological polar surface area (TPSA) is 66.9 Å². The molecule has 1 aromatic carbocycles. The van der Waals surface area contributed by atoms with Crippen molar-refractivity contribution < 1.29 is 4.92 Å². The first kappa shape index (κ1) is 9.49. The number of nitro groups is 1. The van der Waals surface area contributed by atoms with Gasteiger partial charge in [-0.2, -0.15) is 5.26 Å². The molecule has 0 unspecified atom stereocenters. The second-order valence-corrected chi connectivity index (χ2v) is 2.75. The van der Waals surface area contributed by atoms with E-state index >= 15 is 0 Å². The SMILES string of the molecule is N#CCc1cccc(Cl)c1[N+](=O)[O-]. The summed E-state index contributed by atoms with van der Waals surface area (Å²) in [6.07, 6.45) is -0.00310. The highest BCUT2D eigenvalue weighted by Gasteiger charge is 2.17. The molecule has 0 aromatic heterocycles. The van der Waals surface area contributed by atoms with Crippen LogP contribution in [-0.2, 0) is 6.42 Å². The molecule has 0 atom stereocenters. The van der Waals surface area contributed by atoms with E-state index in [1.165, 1.54) is 12.1 Å². The molecular weight excluding hydrogens is 192 g/mol. The Balaban J connectivity index is 3.27. The molecule has 0 fully saturated rings. The van der Waals surface area contributed by atoms with E-state index in [2.05, 4.69) is 0 Å². The molecule has 0 radical (unpaired) electrons. The van der Waals surface area contributed by atoms with Gasteiger partial charge in [-0.3, -0.25) is 10.1 Å². The van der Waals surface area contributed by atoms with Gasteiger partial charge in [0.25, 0.3) is 5.69 Å². The molecule has 0 aliphatic rings. The molecular formula is C8H5ClN2O2. The molecule has 0 heterocycles. The number of nitrogens with zero attached hydrogens (tertiary/aromatic N) is 2. The molecule has 1 aromatic rings. The lowest BCUT2D eigenvalue weighted by atomic mass is 10.1. The van der Waals surface area contributed by atoms with Crippen molar-refractivity contribution in [3.8, 4) is 6.07 Å². The third kappa shape index (κ3) is 1.95. The van der Waals surface area contributed by atoms with E-state index in [0.717, 1.165) is 0 Å². The fraction of sp³-hybridized carbons (Fsp3) is 0.125. The van der Waals surface area contributed by atoms with Crippen molar-refractivity contribution in [3.63, 3.8) is 0 Å². The van der Waals surface area contributed by atoms with E-state index in [-0.39, 0.29) is 17.1 Å². The first-order valence-electron chi connectivity index (χ1n) is 3.45. The fourth-order valence-electron chi connectivity index (χ4n) is 0.992. The van der Waals surface area contributed by atoms with Gasteiger partial charge in [0.15, 0.2) is 0 Å². The second-order valence-electron chi connectivity index (χ2n) is 2.34. The number of halogens is 1. The largest absolute Gasteiger partial charge is 0.292 e. The highest BCUT2D eigenvalue weighted by atomic mass is 35.5. The van der Waals surface area contributed by atoms with E-state index in [4.69, 9.17) is 16.9 Å². The van der Waals surface area contributed by atoms with Crippen molar-refractivity contribution in [1.29, 1.82) is 5.26 Å². The van der Waals surface area contributed by atoms with Gasteiger partial charge in [0.05, 0.1) is 17.4 Å². The molecule has 0 aliphatic carbocycles. The molecule has 66 valence electrons. The van der Waals surface area contributed by atoms with E-state index in [9.17, 15) is 10.1 Å².